The van der Waals surface area contributed by atoms with E-state index < -0.39 is 11.1 Å². The van der Waals surface area contributed by atoms with Crippen LogP contribution >= 0.6 is 0 Å². The van der Waals surface area contributed by atoms with Gasteiger partial charge in [0.05, 0.1) is 0 Å². The van der Waals surface area contributed by atoms with Gasteiger partial charge < -0.3 is 0 Å². The average molecular weight is 298 g/mol. The van der Waals surface area contributed by atoms with Crippen molar-refractivity contribution in [2.75, 3.05) is 0 Å². The van der Waals surface area contributed by atoms with E-state index in [2.05, 4.69) is 10.2 Å². The molecule has 0 radical (unpaired) electrons. The van der Waals surface area contributed by atoms with Gasteiger partial charge in [-0.15, -0.1) is 0 Å². The van der Waals surface area contributed by atoms with E-state index in [0.717, 1.165) is 25.7 Å². The summed E-state index contributed by atoms with van der Waals surface area (Å²) in [5.41, 5.74) is -3.20. The summed E-state index contributed by atoms with van der Waals surface area (Å²) >= 11 is 0. The van der Waals surface area contributed by atoms with E-state index in [1.807, 2.05) is 38.1 Å². The quantitative estimate of drug-likeness (QED) is 0.443. The van der Waals surface area contributed by atoms with Crippen molar-refractivity contribution in [2.24, 2.45) is 10.2 Å². The zero-order valence-corrected chi connectivity index (χ0v) is 13.3. The lowest BCUT2D eigenvalue weighted by molar-refractivity contribution is 0.484. The molecule has 0 atom stereocenters. The van der Waals surface area contributed by atoms with Crippen LogP contribution in [0.4, 0.5) is 0 Å². The first-order valence-electron chi connectivity index (χ1n) is 7.66. The van der Waals surface area contributed by atoms with Crippen molar-refractivity contribution < 1.29 is 0 Å². The molecule has 6 heteroatoms. The molecule has 22 heavy (non-hydrogen) atoms. The Balaban J connectivity index is 5.18. The van der Waals surface area contributed by atoms with E-state index in [0.29, 0.717) is 12.8 Å². The van der Waals surface area contributed by atoms with Crippen LogP contribution in [0, 0.1) is 45.3 Å². The Hall–Kier alpha value is -2.44. The molecule has 0 N–H and O–H groups in total. The number of unbranched alkanes of at least 4 members (excludes halogenated alkanes) is 4. The first-order chi connectivity index (χ1) is 10.6. The van der Waals surface area contributed by atoms with Crippen molar-refractivity contribution in [2.45, 2.75) is 76.3 Å². The van der Waals surface area contributed by atoms with E-state index in [4.69, 9.17) is 0 Å². The molecule has 0 spiro atoms. The monoisotopic (exact) mass is 298 g/mol. The minimum Gasteiger partial charge on any atom is -0.194 e. The molecule has 116 valence electrons. The van der Waals surface area contributed by atoms with Gasteiger partial charge in [-0.3, -0.25) is 0 Å². The van der Waals surface area contributed by atoms with Gasteiger partial charge in [0, 0.05) is 12.8 Å². The second-order valence-corrected chi connectivity index (χ2v) is 5.28. The maximum Gasteiger partial charge on any atom is 0.251 e. The average Bonchev–Trinajstić information content (AvgIpc) is 2.57. The molecule has 0 saturated heterocycles. The number of nitriles is 4. The molecule has 0 aromatic carbocycles. The minimum absolute atomic E-state index is 0.263. The molecular formula is C16H22N6. The van der Waals surface area contributed by atoms with Crippen LogP contribution in [0.3, 0.4) is 0 Å². The topological polar surface area (TPSA) is 120 Å². The summed E-state index contributed by atoms with van der Waals surface area (Å²) in [5, 5.41) is 44.6. The molecule has 0 heterocycles. The molecule has 0 aliphatic carbocycles. The maximum absolute atomic E-state index is 9.24. The number of azo groups is 1. The number of nitrogens with zero attached hydrogens (tertiary/aromatic N) is 6. The minimum atomic E-state index is -1.60. The van der Waals surface area contributed by atoms with Crippen molar-refractivity contribution in [1.82, 2.24) is 0 Å². The largest absolute Gasteiger partial charge is 0.251 e. The van der Waals surface area contributed by atoms with Crippen molar-refractivity contribution >= 4 is 0 Å². The molecule has 0 fully saturated rings. The van der Waals surface area contributed by atoms with Gasteiger partial charge in [-0.25, -0.2) is 0 Å². The summed E-state index contributed by atoms with van der Waals surface area (Å²) in [6.45, 7) is 4.04. The standard InChI is InChI=1S/C16H22N6/c1-3-5-7-9-15(11-17,12-18)21-22-16(13-19,14-20)10-8-6-4-2/h3-10H2,1-2H3. The fraction of sp³-hybridized carbons (Fsp3) is 0.750. The van der Waals surface area contributed by atoms with Crippen LogP contribution in [0.25, 0.3) is 0 Å². The number of hydrogen-bond acceptors (Lipinski definition) is 6. The SMILES string of the molecule is CCCCCC(C#N)(C#N)N=NC(C#N)(C#N)CCCCC. The second kappa shape index (κ2) is 10.3. The lowest BCUT2D eigenvalue weighted by atomic mass is 9.95. The van der Waals surface area contributed by atoms with Crippen LogP contribution in [0.15, 0.2) is 10.2 Å². The highest BCUT2D eigenvalue weighted by atomic mass is 15.2. The number of rotatable bonds is 10. The van der Waals surface area contributed by atoms with Gasteiger partial charge in [0.1, 0.15) is 24.3 Å². The summed E-state index contributed by atoms with van der Waals surface area (Å²) in [5.74, 6) is 0. The van der Waals surface area contributed by atoms with Gasteiger partial charge >= 0.3 is 0 Å². The molecular weight excluding hydrogens is 276 g/mol. The van der Waals surface area contributed by atoms with E-state index >= 15 is 0 Å². The first kappa shape index (κ1) is 19.6. The third-order valence-corrected chi connectivity index (χ3v) is 3.42. The van der Waals surface area contributed by atoms with E-state index in [1.54, 1.807) is 0 Å². The fourth-order valence-electron chi connectivity index (χ4n) is 1.90. The van der Waals surface area contributed by atoms with Gasteiger partial charge in [-0.2, -0.15) is 31.3 Å². The molecule has 0 aliphatic heterocycles. The molecule has 0 unspecified atom stereocenters. The molecule has 0 bridgehead atoms. The van der Waals surface area contributed by atoms with Gasteiger partial charge in [0.2, 0.25) is 0 Å². The maximum atomic E-state index is 9.24. The lowest BCUT2D eigenvalue weighted by Crippen LogP contribution is -2.26. The van der Waals surface area contributed by atoms with E-state index in [-0.39, 0.29) is 12.8 Å². The third kappa shape index (κ3) is 5.90. The smallest absolute Gasteiger partial charge is 0.194 e. The van der Waals surface area contributed by atoms with Crippen LogP contribution in [0.5, 0.6) is 0 Å². The van der Waals surface area contributed by atoms with Crippen molar-refractivity contribution in [1.29, 1.82) is 21.0 Å². The summed E-state index contributed by atoms with van der Waals surface area (Å²) in [6, 6.07) is 7.49. The molecule has 0 aromatic heterocycles. The Labute approximate surface area is 132 Å². The highest BCUT2D eigenvalue weighted by Crippen LogP contribution is 2.24. The predicted octanol–water partition coefficient (Wildman–Crippen LogP) is 4.17. The third-order valence-electron chi connectivity index (χ3n) is 3.42. The van der Waals surface area contributed by atoms with Crippen LogP contribution in [0.1, 0.15) is 65.2 Å². The van der Waals surface area contributed by atoms with Gasteiger partial charge in [0.15, 0.2) is 0 Å². The Bertz CT molecular complexity index is 447. The van der Waals surface area contributed by atoms with Gasteiger partial charge in [0.25, 0.3) is 11.1 Å². The molecule has 0 aromatic rings. The lowest BCUT2D eigenvalue weighted by Gasteiger charge is -2.16. The zero-order valence-electron chi connectivity index (χ0n) is 13.3. The molecule has 0 aliphatic rings. The first-order valence-corrected chi connectivity index (χ1v) is 7.66. The Morgan fingerprint density at radius 2 is 0.955 bits per heavy atom. The highest BCUT2D eigenvalue weighted by Gasteiger charge is 2.34. The zero-order chi connectivity index (χ0) is 16.9. The van der Waals surface area contributed by atoms with Crippen LogP contribution < -0.4 is 0 Å². The Kier molecular flexibility index (Phi) is 9.17. The summed E-state index contributed by atoms with van der Waals surface area (Å²) in [7, 11) is 0. The number of hydrogen-bond donors (Lipinski definition) is 0. The summed E-state index contributed by atoms with van der Waals surface area (Å²) < 4.78 is 0. The normalized spacial score (nSPS) is 11.4. The second-order valence-electron chi connectivity index (χ2n) is 5.28. The predicted molar refractivity (Wildman–Crippen MR) is 81.1 cm³/mol. The van der Waals surface area contributed by atoms with Gasteiger partial charge in [-0.1, -0.05) is 39.5 Å². The van der Waals surface area contributed by atoms with E-state index in [1.165, 1.54) is 0 Å². The van der Waals surface area contributed by atoms with Crippen LogP contribution in [-0.4, -0.2) is 11.1 Å². The summed E-state index contributed by atoms with van der Waals surface area (Å²) in [4.78, 5) is 0. The molecule has 0 amide bonds. The Morgan fingerprint density at radius 3 is 1.18 bits per heavy atom. The van der Waals surface area contributed by atoms with Crippen molar-refractivity contribution in [3.63, 3.8) is 0 Å². The Morgan fingerprint density at radius 1 is 0.636 bits per heavy atom. The van der Waals surface area contributed by atoms with Crippen LogP contribution in [-0.2, 0) is 0 Å². The summed E-state index contributed by atoms with van der Waals surface area (Å²) in [6.07, 6.45) is 5.58. The van der Waals surface area contributed by atoms with Crippen molar-refractivity contribution in [3.8, 4) is 24.3 Å². The molecule has 6 nitrogen and oxygen atoms in total. The molecule has 0 rings (SSSR count). The fourth-order valence-corrected chi connectivity index (χ4v) is 1.90. The van der Waals surface area contributed by atoms with Gasteiger partial charge in [-0.05, 0) is 12.8 Å². The highest BCUT2D eigenvalue weighted by molar-refractivity contribution is 5.25. The molecule has 0 saturated carbocycles. The van der Waals surface area contributed by atoms with Crippen LogP contribution in [0.2, 0.25) is 0 Å². The van der Waals surface area contributed by atoms with E-state index in [9.17, 15) is 21.0 Å². The van der Waals surface area contributed by atoms with Crippen molar-refractivity contribution in [3.05, 3.63) is 0 Å².